The van der Waals surface area contributed by atoms with Crippen LogP contribution in [0.1, 0.15) is 5.56 Å². The molecule has 0 radical (unpaired) electrons. The van der Waals surface area contributed by atoms with Gasteiger partial charge in [0.2, 0.25) is 5.95 Å². The number of aryl methyl sites for hydroxylation is 1. The van der Waals surface area contributed by atoms with E-state index in [0.29, 0.717) is 0 Å². The van der Waals surface area contributed by atoms with Gasteiger partial charge in [0, 0.05) is 4.47 Å². The Bertz CT molecular complexity index is 443. The molecule has 14 heavy (non-hydrogen) atoms. The third kappa shape index (κ3) is 1.50. The van der Waals surface area contributed by atoms with Crippen LogP contribution in [0, 0.1) is 6.92 Å². The molecule has 0 unspecified atom stereocenters. The quantitative estimate of drug-likeness (QED) is 0.844. The summed E-state index contributed by atoms with van der Waals surface area (Å²) in [5.41, 5.74) is 7.54. The van der Waals surface area contributed by atoms with E-state index in [4.69, 9.17) is 5.73 Å². The van der Waals surface area contributed by atoms with Crippen molar-refractivity contribution in [3.8, 4) is 5.69 Å². The van der Waals surface area contributed by atoms with E-state index in [1.807, 2.05) is 25.1 Å². The maximum absolute atomic E-state index is 5.46. The molecule has 72 valence electrons. The number of hydrogen-bond donors (Lipinski definition) is 1. The summed E-state index contributed by atoms with van der Waals surface area (Å²) in [4.78, 5) is 3.88. The molecule has 1 aromatic carbocycles. The van der Waals surface area contributed by atoms with Gasteiger partial charge in [-0.1, -0.05) is 12.1 Å². The summed E-state index contributed by atoms with van der Waals surface area (Å²) in [6, 6.07) is 5.95. The first-order chi connectivity index (χ1) is 6.68. The van der Waals surface area contributed by atoms with E-state index < -0.39 is 0 Å². The maximum Gasteiger partial charge on any atom is 0.239 e. The largest absolute Gasteiger partial charge is 0.366 e. The molecule has 4 nitrogen and oxygen atoms in total. The Morgan fingerprint density at radius 3 is 2.79 bits per heavy atom. The van der Waals surface area contributed by atoms with Gasteiger partial charge in [-0.15, -0.1) is 5.10 Å². The number of aromatic nitrogens is 3. The molecule has 0 fully saturated rings. The third-order valence-corrected chi connectivity index (χ3v) is 2.57. The molecule has 0 bridgehead atoms. The number of nitrogens with zero attached hydrogens (tertiary/aromatic N) is 3. The monoisotopic (exact) mass is 252 g/mol. The van der Waals surface area contributed by atoms with Gasteiger partial charge in [0.25, 0.3) is 0 Å². The molecule has 2 aromatic rings. The Hall–Kier alpha value is -1.36. The van der Waals surface area contributed by atoms with Gasteiger partial charge in [-0.05, 0) is 34.5 Å². The first-order valence-electron chi connectivity index (χ1n) is 4.11. The average molecular weight is 253 g/mol. The number of nitrogen functional groups attached to an aromatic ring is 1. The molecule has 0 aliphatic carbocycles. The molecular weight excluding hydrogens is 244 g/mol. The standard InChI is InChI=1S/C9H9BrN4/c1-6-3-2-4-7(10)8(6)14-5-12-9(11)13-14/h2-5H,1H3,(H2,11,13). The summed E-state index contributed by atoms with van der Waals surface area (Å²) in [5.74, 6) is 0.278. The molecular formula is C9H9BrN4. The molecule has 0 saturated heterocycles. The van der Waals surface area contributed by atoms with Gasteiger partial charge in [0.1, 0.15) is 6.33 Å². The van der Waals surface area contributed by atoms with Crippen molar-refractivity contribution >= 4 is 21.9 Å². The van der Waals surface area contributed by atoms with Gasteiger partial charge in [-0.3, -0.25) is 0 Å². The minimum atomic E-state index is 0.278. The van der Waals surface area contributed by atoms with Gasteiger partial charge in [0.15, 0.2) is 0 Å². The predicted molar refractivity (Wildman–Crippen MR) is 58.2 cm³/mol. The lowest BCUT2D eigenvalue weighted by molar-refractivity contribution is 0.871. The fourth-order valence-corrected chi connectivity index (χ4v) is 1.94. The normalized spacial score (nSPS) is 10.4. The van der Waals surface area contributed by atoms with Crippen molar-refractivity contribution in [3.63, 3.8) is 0 Å². The summed E-state index contributed by atoms with van der Waals surface area (Å²) in [5, 5.41) is 4.06. The van der Waals surface area contributed by atoms with Gasteiger partial charge in [-0.25, -0.2) is 9.67 Å². The smallest absolute Gasteiger partial charge is 0.239 e. The lowest BCUT2D eigenvalue weighted by Gasteiger charge is -2.06. The van der Waals surface area contributed by atoms with Crippen LogP contribution in [0.2, 0.25) is 0 Å². The molecule has 0 amide bonds. The number of hydrogen-bond acceptors (Lipinski definition) is 3. The lowest BCUT2D eigenvalue weighted by Crippen LogP contribution is -1.99. The van der Waals surface area contributed by atoms with Crippen molar-refractivity contribution in [1.82, 2.24) is 14.8 Å². The van der Waals surface area contributed by atoms with E-state index in [9.17, 15) is 0 Å². The zero-order valence-corrected chi connectivity index (χ0v) is 9.19. The Kier molecular flexibility index (Phi) is 2.25. The van der Waals surface area contributed by atoms with Crippen LogP contribution in [0.25, 0.3) is 5.69 Å². The second-order valence-electron chi connectivity index (χ2n) is 2.95. The Balaban J connectivity index is 2.61. The van der Waals surface area contributed by atoms with Gasteiger partial charge in [-0.2, -0.15) is 0 Å². The van der Waals surface area contributed by atoms with Crippen LogP contribution in [0.15, 0.2) is 29.0 Å². The van der Waals surface area contributed by atoms with E-state index in [-0.39, 0.29) is 5.95 Å². The van der Waals surface area contributed by atoms with Crippen LogP contribution >= 0.6 is 15.9 Å². The third-order valence-electron chi connectivity index (χ3n) is 1.93. The minimum absolute atomic E-state index is 0.278. The number of anilines is 1. The molecule has 2 N–H and O–H groups in total. The van der Waals surface area contributed by atoms with Gasteiger partial charge < -0.3 is 5.73 Å². The molecule has 5 heteroatoms. The summed E-state index contributed by atoms with van der Waals surface area (Å²) in [7, 11) is 0. The number of rotatable bonds is 1. The second kappa shape index (κ2) is 3.42. The molecule has 0 saturated carbocycles. The van der Waals surface area contributed by atoms with E-state index in [1.165, 1.54) is 0 Å². The Morgan fingerprint density at radius 1 is 1.43 bits per heavy atom. The average Bonchev–Trinajstić information content (AvgIpc) is 2.51. The molecule has 0 spiro atoms. The molecule has 1 aromatic heterocycles. The van der Waals surface area contributed by atoms with Crippen molar-refractivity contribution in [2.24, 2.45) is 0 Å². The molecule has 0 aliphatic rings. The molecule has 0 aliphatic heterocycles. The van der Waals surface area contributed by atoms with E-state index >= 15 is 0 Å². The Labute approximate surface area is 89.9 Å². The summed E-state index contributed by atoms with van der Waals surface area (Å²) in [6.45, 7) is 2.01. The Morgan fingerprint density at radius 2 is 2.21 bits per heavy atom. The summed E-state index contributed by atoms with van der Waals surface area (Å²) >= 11 is 3.46. The van der Waals surface area contributed by atoms with E-state index in [1.54, 1.807) is 11.0 Å². The van der Waals surface area contributed by atoms with E-state index in [0.717, 1.165) is 15.7 Å². The summed E-state index contributed by atoms with van der Waals surface area (Å²) in [6.07, 6.45) is 1.60. The maximum atomic E-state index is 5.46. The fraction of sp³-hybridized carbons (Fsp3) is 0.111. The number of para-hydroxylation sites is 1. The van der Waals surface area contributed by atoms with E-state index in [2.05, 4.69) is 26.0 Å². The SMILES string of the molecule is Cc1cccc(Br)c1-n1cnc(N)n1. The summed E-state index contributed by atoms with van der Waals surface area (Å²) < 4.78 is 2.64. The van der Waals surface area contributed by atoms with Crippen molar-refractivity contribution in [3.05, 3.63) is 34.6 Å². The molecule has 0 atom stereocenters. The number of halogens is 1. The zero-order chi connectivity index (χ0) is 10.1. The highest BCUT2D eigenvalue weighted by Gasteiger charge is 2.06. The van der Waals surface area contributed by atoms with Crippen LogP contribution in [0.5, 0.6) is 0 Å². The van der Waals surface area contributed by atoms with Crippen molar-refractivity contribution < 1.29 is 0 Å². The predicted octanol–water partition coefficient (Wildman–Crippen LogP) is 1.92. The fourth-order valence-electron chi connectivity index (χ4n) is 1.30. The highest BCUT2D eigenvalue weighted by molar-refractivity contribution is 9.10. The number of nitrogens with two attached hydrogens (primary N) is 1. The highest BCUT2D eigenvalue weighted by Crippen LogP contribution is 2.23. The van der Waals surface area contributed by atoms with Crippen LogP contribution in [0.4, 0.5) is 5.95 Å². The van der Waals surface area contributed by atoms with Crippen molar-refractivity contribution in [1.29, 1.82) is 0 Å². The number of benzene rings is 1. The highest BCUT2D eigenvalue weighted by atomic mass is 79.9. The van der Waals surface area contributed by atoms with Crippen LogP contribution < -0.4 is 5.73 Å². The van der Waals surface area contributed by atoms with Crippen LogP contribution in [-0.2, 0) is 0 Å². The zero-order valence-electron chi connectivity index (χ0n) is 7.61. The first-order valence-corrected chi connectivity index (χ1v) is 4.90. The van der Waals surface area contributed by atoms with Gasteiger partial charge in [0.05, 0.1) is 5.69 Å². The van der Waals surface area contributed by atoms with Gasteiger partial charge >= 0.3 is 0 Å². The first kappa shape index (κ1) is 9.21. The topological polar surface area (TPSA) is 56.7 Å². The lowest BCUT2D eigenvalue weighted by atomic mass is 10.2. The molecule has 2 rings (SSSR count). The minimum Gasteiger partial charge on any atom is -0.366 e. The second-order valence-corrected chi connectivity index (χ2v) is 3.81. The van der Waals surface area contributed by atoms with Crippen molar-refractivity contribution in [2.45, 2.75) is 6.92 Å². The molecule has 1 heterocycles. The van der Waals surface area contributed by atoms with Crippen LogP contribution in [0.3, 0.4) is 0 Å². The van der Waals surface area contributed by atoms with Crippen molar-refractivity contribution in [2.75, 3.05) is 5.73 Å². The van der Waals surface area contributed by atoms with Crippen LogP contribution in [-0.4, -0.2) is 14.8 Å².